The Morgan fingerprint density at radius 1 is 1.27 bits per heavy atom. The van der Waals surface area contributed by atoms with Gasteiger partial charge in [0, 0.05) is 29.9 Å². The molecule has 22 heavy (non-hydrogen) atoms. The van der Waals surface area contributed by atoms with E-state index in [4.69, 9.17) is 4.42 Å². The molecule has 3 rings (SSSR count). The molecule has 2 aromatic heterocycles. The molecule has 0 radical (unpaired) electrons. The predicted molar refractivity (Wildman–Crippen MR) is 86.9 cm³/mol. The Morgan fingerprint density at radius 2 is 2.05 bits per heavy atom. The summed E-state index contributed by atoms with van der Waals surface area (Å²) in [5.41, 5.74) is 0. The minimum absolute atomic E-state index is 0.305. The molecule has 1 aliphatic heterocycles. The zero-order valence-electron chi connectivity index (χ0n) is 12.7. The molecule has 1 unspecified atom stereocenters. The van der Waals surface area contributed by atoms with Crippen molar-refractivity contribution < 1.29 is 4.42 Å². The van der Waals surface area contributed by atoms with Crippen LogP contribution in [0.4, 0.5) is 6.01 Å². The van der Waals surface area contributed by atoms with Crippen molar-refractivity contribution in [2.45, 2.75) is 36.5 Å². The third-order valence-corrected chi connectivity index (χ3v) is 4.58. The monoisotopic (exact) mass is 319 g/mol. The van der Waals surface area contributed by atoms with E-state index in [9.17, 15) is 0 Å². The van der Waals surface area contributed by atoms with E-state index in [0.717, 1.165) is 11.4 Å². The van der Waals surface area contributed by atoms with Gasteiger partial charge in [-0.05, 0) is 45.0 Å². The Bertz CT molecular complexity index is 570. The maximum atomic E-state index is 5.65. The lowest BCUT2D eigenvalue weighted by atomic mass is 10.3. The summed E-state index contributed by atoms with van der Waals surface area (Å²) >= 11 is 1.66. The summed E-state index contributed by atoms with van der Waals surface area (Å²) in [5, 5.41) is 11.4. The standard InChI is InChI=1S/C15H21N5OS/c1-12(10-20-8-2-3-9-20)17-15-19-18-14(21-15)11-22-13-4-6-16-7-5-13/h4-7,12H,2-3,8-11H2,1H3,(H,17,19). The quantitative estimate of drug-likeness (QED) is 0.787. The maximum absolute atomic E-state index is 5.65. The second-order valence-electron chi connectivity index (χ2n) is 5.53. The lowest BCUT2D eigenvalue weighted by molar-refractivity contribution is 0.325. The van der Waals surface area contributed by atoms with Gasteiger partial charge in [-0.3, -0.25) is 4.98 Å². The molecular formula is C15H21N5OS. The minimum atomic E-state index is 0.305. The first kappa shape index (κ1) is 15.3. The summed E-state index contributed by atoms with van der Waals surface area (Å²) in [4.78, 5) is 7.61. The number of nitrogens with zero attached hydrogens (tertiary/aromatic N) is 4. The van der Waals surface area contributed by atoms with Crippen LogP contribution in [0.2, 0.25) is 0 Å². The highest BCUT2D eigenvalue weighted by atomic mass is 32.2. The van der Waals surface area contributed by atoms with E-state index >= 15 is 0 Å². The molecule has 2 aromatic rings. The predicted octanol–water partition coefficient (Wildman–Crippen LogP) is 2.65. The van der Waals surface area contributed by atoms with Crippen LogP contribution in [0.1, 0.15) is 25.7 Å². The number of rotatable bonds is 7. The average molecular weight is 319 g/mol. The second-order valence-corrected chi connectivity index (χ2v) is 6.57. The molecule has 0 saturated carbocycles. The van der Waals surface area contributed by atoms with E-state index in [1.807, 2.05) is 12.1 Å². The number of pyridine rings is 1. The fraction of sp³-hybridized carbons (Fsp3) is 0.533. The summed E-state index contributed by atoms with van der Waals surface area (Å²) in [5.74, 6) is 1.30. The van der Waals surface area contributed by atoms with Crippen LogP contribution in [0.25, 0.3) is 0 Å². The van der Waals surface area contributed by atoms with E-state index < -0.39 is 0 Å². The normalized spacial score (nSPS) is 16.8. The first-order valence-electron chi connectivity index (χ1n) is 7.64. The Morgan fingerprint density at radius 3 is 2.82 bits per heavy atom. The Kier molecular flexibility index (Phi) is 5.29. The van der Waals surface area contributed by atoms with Gasteiger partial charge in [-0.15, -0.1) is 16.9 Å². The molecule has 3 heterocycles. The molecule has 7 heteroatoms. The maximum Gasteiger partial charge on any atom is 0.315 e. The fourth-order valence-corrected chi connectivity index (χ4v) is 3.28. The van der Waals surface area contributed by atoms with Crippen molar-refractivity contribution in [2.75, 3.05) is 25.0 Å². The number of nitrogens with one attached hydrogen (secondary N) is 1. The SMILES string of the molecule is CC(CN1CCCC1)Nc1nnc(CSc2ccncc2)o1. The third-order valence-electron chi connectivity index (χ3n) is 3.58. The summed E-state index contributed by atoms with van der Waals surface area (Å²) in [6.07, 6.45) is 6.18. The van der Waals surface area contributed by atoms with Crippen LogP contribution in [-0.4, -0.2) is 45.8 Å². The van der Waals surface area contributed by atoms with Crippen molar-refractivity contribution in [3.8, 4) is 0 Å². The third kappa shape index (κ3) is 4.45. The average Bonchev–Trinajstić information content (AvgIpc) is 3.18. The van der Waals surface area contributed by atoms with Crippen LogP contribution in [0, 0.1) is 0 Å². The minimum Gasteiger partial charge on any atom is -0.407 e. The Hall–Kier alpha value is -1.60. The Balaban J connectivity index is 1.46. The molecule has 0 aromatic carbocycles. The van der Waals surface area contributed by atoms with Gasteiger partial charge < -0.3 is 14.6 Å². The molecule has 1 aliphatic rings. The van der Waals surface area contributed by atoms with Crippen molar-refractivity contribution in [1.29, 1.82) is 0 Å². The topological polar surface area (TPSA) is 67.1 Å². The molecule has 1 fully saturated rings. The van der Waals surface area contributed by atoms with Gasteiger partial charge in [0.2, 0.25) is 5.89 Å². The summed E-state index contributed by atoms with van der Waals surface area (Å²) in [6, 6.07) is 4.76. The van der Waals surface area contributed by atoms with Crippen LogP contribution in [-0.2, 0) is 5.75 Å². The van der Waals surface area contributed by atoms with Crippen molar-refractivity contribution in [3.63, 3.8) is 0 Å². The van der Waals surface area contributed by atoms with Gasteiger partial charge in [-0.2, -0.15) is 0 Å². The second kappa shape index (κ2) is 7.60. The first-order chi connectivity index (χ1) is 10.8. The smallest absolute Gasteiger partial charge is 0.315 e. The largest absolute Gasteiger partial charge is 0.407 e. The number of thioether (sulfide) groups is 1. The number of hydrogen-bond acceptors (Lipinski definition) is 7. The highest BCUT2D eigenvalue weighted by molar-refractivity contribution is 7.98. The number of hydrogen-bond donors (Lipinski definition) is 1. The molecule has 1 saturated heterocycles. The zero-order valence-corrected chi connectivity index (χ0v) is 13.6. The molecule has 0 spiro atoms. The van der Waals surface area contributed by atoms with Gasteiger partial charge in [0.15, 0.2) is 0 Å². The lowest BCUT2D eigenvalue weighted by Gasteiger charge is -2.20. The highest BCUT2D eigenvalue weighted by Gasteiger charge is 2.16. The van der Waals surface area contributed by atoms with E-state index in [2.05, 4.69) is 32.3 Å². The van der Waals surface area contributed by atoms with Gasteiger partial charge in [0.1, 0.15) is 0 Å². The van der Waals surface area contributed by atoms with Crippen molar-refractivity contribution >= 4 is 17.8 Å². The summed E-state index contributed by atoms with van der Waals surface area (Å²) in [7, 11) is 0. The molecule has 118 valence electrons. The van der Waals surface area contributed by atoms with E-state index in [1.165, 1.54) is 25.9 Å². The lowest BCUT2D eigenvalue weighted by Crippen LogP contribution is -2.33. The van der Waals surface area contributed by atoms with Crippen LogP contribution >= 0.6 is 11.8 Å². The van der Waals surface area contributed by atoms with Crippen LogP contribution < -0.4 is 5.32 Å². The number of likely N-dealkylation sites (tertiary alicyclic amines) is 1. The van der Waals surface area contributed by atoms with Crippen LogP contribution in [0.5, 0.6) is 0 Å². The van der Waals surface area contributed by atoms with Crippen molar-refractivity contribution in [3.05, 3.63) is 30.4 Å². The van der Waals surface area contributed by atoms with Crippen molar-refractivity contribution in [1.82, 2.24) is 20.1 Å². The summed E-state index contributed by atoms with van der Waals surface area (Å²) < 4.78 is 5.65. The molecule has 1 atom stereocenters. The van der Waals surface area contributed by atoms with Crippen molar-refractivity contribution in [2.24, 2.45) is 0 Å². The number of aromatic nitrogens is 3. The van der Waals surface area contributed by atoms with E-state index in [1.54, 1.807) is 24.2 Å². The van der Waals surface area contributed by atoms with Gasteiger partial charge in [-0.1, -0.05) is 5.10 Å². The molecule has 1 N–H and O–H groups in total. The van der Waals surface area contributed by atoms with E-state index in [-0.39, 0.29) is 0 Å². The molecule has 6 nitrogen and oxygen atoms in total. The number of anilines is 1. The molecule has 0 aliphatic carbocycles. The molecule has 0 amide bonds. The summed E-state index contributed by atoms with van der Waals surface area (Å²) in [6.45, 7) is 5.56. The fourth-order valence-electron chi connectivity index (χ4n) is 2.56. The van der Waals surface area contributed by atoms with Crippen LogP contribution in [0.3, 0.4) is 0 Å². The first-order valence-corrected chi connectivity index (χ1v) is 8.62. The van der Waals surface area contributed by atoms with E-state index in [0.29, 0.717) is 23.7 Å². The van der Waals surface area contributed by atoms with Gasteiger partial charge in [0.25, 0.3) is 0 Å². The van der Waals surface area contributed by atoms with Crippen LogP contribution in [0.15, 0.2) is 33.8 Å². The highest BCUT2D eigenvalue weighted by Crippen LogP contribution is 2.22. The van der Waals surface area contributed by atoms with Gasteiger partial charge >= 0.3 is 6.01 Å². The zero-order chi connectivity index (χ0) is 15.2. The Labute approximate surface area is 134 Å². The molecule has 0 bridgehead atoms. The van der Waals surface area contributed by atoms with Gasteiger partial charge in [-0.25, -0.2) is 0 Å². The van der Waals surface area contributed by atoms with Gasteiger partial charge in [0.05, 0.1) is 5.75 Å². The molecular weight excluding hydrogens is 298 g/mol.